The number of fused-ring (bicyclic) bond motifs is 2. The van der Waals surface area contributed by atoms with Gasteiger partial charge in [0.2, 0.25) is 0 Å². The Bertz CT molecular complexity index is 268. The van der Waals surface area contributed by atoms with Crippen molar-refractivity contribution in [3.05, 3.63) is 0 Å². The Morgan fingerprint density at radius 3 is 2.19 bits per heavy atom. The number of ketones is 1. The molecule has 0 aromatic rings. The number of Topliss-reactive ketones (excluding diaryl/α,β-unsaturated/α-hetero) is 1. The van der Waals surface area contributed by atoms with Gasteiger partial charge in [-0.15, -0.1) is 0 Å². The number of aliphatic hydroxyl groups excluding tert-OH is 1. The number of hydrogen-bond donors (Lipinski definition) is 1. The van der Waals surface area contributed by atoms with E-state index >= 15 is 0 Å². The number of carbonyl (C=O) groups excluding carboxylic acids is 1. The van der Waals surface area contributed by atoms with Crippen molar-refractivity contribution in [2.45, 2.75) is 64.6 Å². The van der Waals surface area contributed by atoms with Gasteiger partial charge in [-0.05, 0) is 25.7 Å². The molecule has 0 amide bonds. The molecule has 2 aliphatic rings. The van der Waals surface area contributed by atoms with Crippen LogP contribution in [0.4, 0.5) is 0 Å². The second kappa shape index (κ2) is 4.11. The monoisotopic (exact) mass is 225 g/mol. The van der Waals surface area contributed by atoms with Gasteiger partial charge in [0.15, 0.2) is 5.78 Å². The Morgan fingerprint density at radius 1 is 1.25 bits per heavy atom. The molecule has 0 aromatic heterocycles. The summed E-state index contributed by atoms with van der Waals surface area (Å²) in [5.41, 5.74) is -0.241. The first kappa shape index (κ1) is 12.1. The topological polar surface area (TPSA) is 40.5 Å². The normalized spacial score (nSPS) is 35.4. The van der Waals surface area contributed by atoms with Gasteiger partial charge in [0, 0.05) is 17.5 Å². The molecule has 2 rings (SSSR count). The molecule has 16 heavy (non-hydrogen) atoms. The van der Waals surface area contributed by atoms with Gasteiger partial charge in [0.25, 0.3) is 0 Å². The third-order valence-corrected chi connectivity index (χ3v) is 4.02. The van der Waals surface area contributed by atoms with Crippen molar-refractivity contribution < 1.29 is 9.90 Å². The van der Waals surface area contributed by atoms with Crippen LogP contribution < -0.4 is 0 Å². The summed E-state index contributed by atoms with van der Waals surface area (Å²) >= 11 is 0. The highest BCUT2D eigenvalue weighted by Crippen LogP contribution is 2.36. The zero-order chi connectivity index (χ0) is 11.9. The highest BCUT2D eigenvalue weighted by Gasteiger charge is 2.41. The van der Waals surface area contributed by atoms with Crippen molar-refractivity contribution in [2.75, 3.05) is 6.54 Å². The largest absolute Gasteiger partial charge is 0.393 e. The van der Waals surface area contributed by atoms with Crippen LogP contribution in [0.1, 0.15) is 46.5 Å². The third kappa shape index (κ3) is 2.30. The number of nitrogens with zero attached hydrogens (tertiary/aromatic N) is 1. The predicted molar refractivity (Wildman–Crippen MR) is 63.2 cm³/mol. The van der Waals surface area contributed by atoms with Crippen LogP contribution >= 0.6 is 0 Å². The maximum atomic E-state index is 12.0. The van der Waals surface area contributed by atoms with E-state index in [0.717, 1.165) is 25.7 Å². The second-order valence-electron chi connectivity index (χ2n) is 6.36. The molecule has 3 nitrogen and oxygen atoms in total. The van der Waals surface area contributed by atoms with Crippen LogP contribution in [0.2, 0.25) is 0 Å². The molecule has 0 aliphatic carbocycles. The Hall–Kier alpha value is -0.410. The molecule has 0 spiro atoms. The fourth-order valence-corrected chi connectivity index (χ4v) is 2.91. The number of rotatable bonds is 2. The van der Waals surface area contributed by atoms with Crippen molar-refractivity contribution in [3.8, 4) is 0 Å². The first-order valence-corrected chi connectivity index (χ1v) is 6.35. The fraction of sp³-hybridized carbons (Fsp3) is 0.923. The lowest BCUT2D eigenvalue weighted by Crippen LogP contribution is -2.48. The Balaban J connectivity index is 1.99. The molecular formula is C13H23NO2. The summed E-state index contributed by atoms with van der Waals surface area (Å²) in [6, 6.07) is 0.889. The first-order valence-electron chi connectivity index (χ1n) is 6.35. The molecule has 2 aliphatic heterocycles. The van der Waals surface area contributed by atoms with Gasteiger partial charge in [0.05, 0.1) is 12.6 Å². The standard InChI is InChI=1S/C13H23NO2/c1-13(2,3)12(16)8-14-9-4-5-10(14)7-11(15)6-9/h9-11,15H,4-8H2,1-3H3. The number of hydrogen-bond acceptors (Lipinski definition) is 3. The molecule has 1 N–H and O–H groups in total. The molecular weight excluding hydrogens is 202 g/mol. The average molecular weight is 225 g/mol. The minimum Gasteiger partial charge on any atom is -0.393 e. The van der Waals surface area contributed by atoms with E-state index in [-0.39, 0.29) is 11.5 Å². The molecule has 0 saturated carbocycles. The molecule has 2 fully saturated rings. The number of piperidine rings is 1. The molecule has 0 aromatic carbocycles. The zero-order valence-electron chi connectivity index (χ0n) is 10.6. The van der Waals surface area contributed by atoms with E-state index in [0.29, 0.717) is 24.4 Å². The predicted octanol–water partition coefficient (Wildman–Crippen LogP) is 1.59. The van der Waals surface area contributed by atoms with Crippen LogP contribution in [0.3, 0.4) is 0 Å². The van der Waals surface area contributed by atoms with Crippen molar-refractivity contribution in [1.82, 2.24) is 4.90 Å². The lowest BCUT2D eigenvalue weighted by atomic mass is 9.89. The van der Waals surface area contributed by atoms with Crippen molar-refractivity contribution in [1.29, 1.82) is 0 Å². The van der Waals surface area contributed by atoms with Crippen molar-refractivity contribution >= 4 is 5.78 Å². The fourth-order valence-electron chi connectivity index (χ4n) is 2.91. The van der Waals surface area contributed by atoms with E-state index in [1.54, 1.807) is 0 Å². The highest BCUT2D eigenvalue weighted by molar-refractivity contribution is 5.85. The summed E-state index contributed by atoms with van der Waals surface area (Å²) in [6.07, 6.45) is 3.87. The molecule has 0 radical (unpaired) electrons. The third-order valence-electron chi connectivity index (χ3n) is 4.02. The Morgan fingerprint density at radius 2 is 1.75 bits per heavy atom. The van der Waals surface area contributed by atoms with E-state index in [4.69, 9.17) is 0 Å². The average Bonchev–Trinajstić information content (AvgIpc) is 2.41. The van der Waals surface area contributed by atoms with E-state index in [1.165, 1.54) is 0 Å². The van der Waals surface area contributed by atoms with Gasteiger partial charge in [-0.25, -0.2) is 0 Å². The second-order valence-corrected chi connectivity index (χ2v) is 6.36. The summed E-state index contributed by atoms with van der Waals surface area (Å²) in [4.78, 5) is 14.4. The smallest absolute Gasteiger partial charge is 0.152 e. The van der Waals surface area contributed by atoms with Crippen LogP contribution in [0.5, 0.6) is 0 Å². The molecule has 2 heterocycles. The van der Waals surface area contributed by atoms with E-state index in [2.05, 4.69) is 4.90 Å². The molecule has 2 saturated heterocycles. The summed E-state index contributed by atoms with van der Waals surface area (Å²) in [7, 11) is 0. The minimum atomic E-state index is -0.241. The van der Waals surface area contributed by atoms with E-state index in [9.17, 15) is 9.90 Å². The SMILES string of the molecule is CC(C)(C)C(=O)CN1C2CCC1CC(O)C2. The molecule has 3 heteroatoms. The lowest BCUT2D eigenvalue weighted by Gasteiger charge is -2.37. The van der Waals surface area contributed by atoms with Gasteiger partial charge >= 0.3 is 0 Å². The highest BCUT2D eigenvalue weighted by atomic mass is 16.3. The quantitative estimate of drug-likeness (QED) is 0.776. The van der Waals surface area contributed by atoms with Gasteiger partial charge in [-0.2, -0.15) is 0 Å². The van der Waals surface area contributed by atoms with Crippen LogP contribution in [0.15, 0.2) is 0 Å². The summed E-state index contributed by atoms with van der Waals surface area (Å²) in [5, 5.41) is 9.69. The van der Waals surface area contributed by atoms with Crippen LogP contribution in [0.25, 0.3) is 0 Å². The summed E-state index contributed by atoms with van der Waals surface area (Å²) in [5.74, 6) is 0.320. The van der Waals surface area contributed by atoms with Crippen molar-refractivity contribution in [3.63, 3.8) is 0 Å². The van der Waals surface area contributed by atoms with E-state index in [1.807, 2.05) is 20.8 Å². The first-order chi connectivity index (χ1) is 7.38. The minimum absolute atomic E-state index is 0.140. The van der Waals surface area contributed by atoms with Crippen LogP contribution in [-0.4, -0.2) is 40.5 Å². The molecule has 2 bridgehead atoms. The molecule has 2 atom stereocenters. The maximum absolute atomic E-state index is 12.0. The van der Waals surface area contributed by atoms with E-state index < -0.39 is 0 Å². The molecule has 92 valence electrons. The Kier molecular flexibility index (Phi) is 3.10. The van der Waals surface area contributed by atoms with Gasteiger partial charge in [-0.1, -0.05) is 20.8 Å². The van der Waals surface area contributed by atoms with Crippen LogP contribution in [-0.2, 0) is 4.79 Å². The summed E-state index contributed by atoms with van der Waals surface area (Å²) < 4.78 is 0. The van der Waals surface area contributed by atoms with Gasteiger partial charge in [-0.3, -0.25) is 9.69 Å². The number of carbonyl (C=O) groups is 1. The lowest BCUT2D eigenvalue weighted by molar-refractivity contribution is -0.129. The Labute approximate surface area is 97.8 Å². The van der Waals surface area contributed by atoms with Crippen LogP contribution in [0, 0.1) is 5.41 Å². The van der Waals surface area contributed by atoms with Gasteiger partial charge < -0.3 is 5.11 Å². The summed E-state index contributed by atoms with van der Waals surface area (Å²) in [6.45, 7) is 6.52. The maximum Gasteiger partial charge on any atom is 0.152 e. The van der Waals surface area contributed by atoms with Crippen molar-refractivity contribution in [2.24, 2.45) is 5.41 Å². The van der Waals surface area contributed by atoms with Gasteiger partial charge in [0.1, 0.15) is 0 Å². The zero-order valence-corrected chi connectivity index (χ0v) is 10.6. The number of aliphatic hydroxyl groups is 1. The molecule has 2 unspecified atom stereocenters.